The van der Waals surface area contributed by atoms with Crippen molar-refractivity contribution in [3.05, 3.63) is 89.5 Å². The number of hydrogen-bond donors (Lipinski definition) is 2. The molecular weight excluding hydrogens is 424 g/mol. The van der Waals surface area contributed by atoms with E-state index >= 15 is 0 Å². The third kappa shape index (κ3) is 5.41. The number of nitrogens with zero attached hydrogens (tertiary/aromatic N) is 2. The van der Waals surface area contributed by atoms with Crippen LogP contribution >= 0.6 is 0 Å². The molecule has 4 rings (SSSR count). The number of methoxy groups -OCH3 is 1. The third-order valence-electron chi connectivity index (χ3n) is 5.75. The van der Waals surface area contributed by atoms with Crippen molar-refractivity contribution >= 4 is 17.5 Å². The second kappa shape index (κ2) is 10.2. The summed E-state index contributed by atoms with van der Waals surface area (Å²) in [6.07, 6.45) is 0. The highest BCUT2D eigenvalue weighted by molar-refractivity contribution is 5.93. The van der Waals surface area contributed by atoms with Crippen molar-refractivity contribution in [3.8, 4) is 28.3 Å². The van der Waals surface area contributed by atoms with Gasteiger partial charge in [0.1, 0.15) is 5.75 Å². The molecule has 4 aromatic rings. The fourth-order valence-corrected chi connectivity index (χ4v) is 3.57. The van der Waals surface area contributed by atoms with Crippen LogP contribution in [-0.2, 0) is 4.79 Å². The number of benzene rings is 3. The SMILES string of the molecule is COc1ccc(-c2cc(-c3ccc(C)cc3)nc(NC(=O)CNc3cccc(C)c3C)n2)cc1. The number of carbonyl (C=O) groups excluding carboxylic acids is 1. The Morgan fingerprint density at radius 2 is 1.47 bits per heavy atom. The summed E-state index contributed by atoms with van der Waals surface area (Å²) >= 11 is 0. The number of aromatic nitrogens is 2. The number of hydrogen-bond acceptors (Lipinski definition) is 5. The van der Waals surface area contributed by atoms with Gasteiger partial charge in [0.05, 0.1) is 25.0 Å². The highest BCUT2D eigenvalue weighted by Gasteiger charge is 2.12. The number of anilines is 2. The number of rotatable bonds is 7. The maximum absolute atomic E-state index is 12.7. The molecule has 3 aromatic carbocycles. The normalized spacial score (nSPS) is 10.6. The molecule has 34 heavy (non-hydrogen) atoms. The minimum absolute atomic E-state index is 0.111. The van der Waals surface area contributed by atoms with Gasteiger partial charge in [-0.05, 0) is 68.3 Å². The van der Waals surface area contributed by atoms with Gasteiger partial charge in [0.2, 0.25) is 11.9 Å². The van der Waals surface area contributed by atoms with Crippen LogP contribution in [-0.4, -0.2) is 29.5 Å². The van der Waals surface area contributed by atoms with Crippen LogP contribution < -0.4 is 15.4 Å². The van der Waals surface area contributed by atoms with Gasteiger partial charge in [-0.25, -0.2) is 9.97 Å². The predicted molar refractivity (Wildman–Crippen MR) is 137 cm³/mol. The molecule has 0 aliphatic carbocycles. The molecule has 0 unspecified atom stereocenters. The Balaban J connectivity index is 1.60. The second-order valence-corrected chi connectivity index (χ2v) is 8.21. The molecule has 0 saturated heterocycles. The maximum atomic E-state index is 12.7. The zero-order chi connectivity index (χ0) is 24.1. The molecule has 1 amide bonds. The largest absolute Gasteiger partial charge is 0.497 e. The van der Waals surface area contributed by atoms with Crippen molar-refractivity contribution in [2.24, 2.45) is 0 Å². The van der Waals surface area contributed by atoms with E-state index in [-0.39, 0.29) is 18.4 Å². The van der Waals surface area contributed by atoms with Crippen LogP contribution in [0.15, 0.2) is 72.8 Å². The predicted octanol–water partition coefficient (Wildman–Crippen LogP) is 5.80. The fraction of sp³-hybridized carbons (Fsp3) is 0.179. The molecule has 1 aromatic heterocycles. The summed E-state index contributed by atoms with van der Waals surface area (Å²) in [5.74, 6) is 0.807. The third-order valence-corrected chi connectivity index (χ3v) is 5.75. The van der Waals surface area contributed by atoms with Crippen LogP contribution in [0, 0.1) is 20.8 Å². The number of amides is 1. The summed E-state index contributed by atoms with van der Waals surface area (Å²) in [5, 5.41) is 6.06. The first-order valence-electron chi connectivity index (χ1n) is 11.1. The fourth-order valence-electron chi connectivity index (χ4n) is 3.57. The van der Waals surface area contributed by atoms with E-state index in [0.29, 0.717) is 5.69 Å². The van der Waals surface area contributed by atoms with E-state index in [1.165, 1.54) is 11.1 Å². The minimum Gasteiger partial charge on any atom is -0.497 e. The number of carbonyl (C=O) groups is 1. The van der Waals surface area contributed by atoms with E-state index < -0.39 is 0 Å². The maximum Gasteiger partial charge on any atom is 0.246 e. The Bertz CT molecular complexity index is 1300. The van der Waals surface area contributed by atoms with Gasteiger partial charge in [0.15, 0.2) is 0 Å². The Hall–Kier alpha value is -4.19. The lowest BCUT2D eigenvalue weighted by Gasteiger charge is -2.13. The molecule has 0 aliphatic rings. The number of aryl methyl sites for hydroxylation is 2. The smallest absolute Gasteiger partial charge is 0.246 e. The van der Waals surface area contributed by atoms with Crippen LogP contribution in [0.5, 0.6) is 5.75 Å². The van der Waals surface area contributed by atoms with Crippen molar-refractivity contribution in [3.63, 3.8) is 0 Å². The van der Waals surface area contributed by atoms with E-state index in [1.54, 1.807) is 7.11 Å². The number of nitrogens with one attached hydrogen (secondary N) is 2. The van der Waals surface area contributed by atoms with E-state index in [2.05, 4.69) is 20.6 Å². The van der Waals surface area contributed by atoms with Crippen LogP contribution in [0.3, 0.4) is 0 Å². The monoisotopic (exact) mass is 452 g/mol. The van der Waals surface area contributed by atoms with Crippen molar-refractivity contribution in [1.82, 2.24) is 9.97 Å². The van der Waals surface area contributed by atoms with Crippen LogP contribution in [0.25, 0.3) is 22.5 Å². The molecule has 6 heteroatoms. The molecule has 2 N–H and O–H groups in total. The van der Waals surface area contributed by atoms with Gasteiger partial charge in [0.25, 0.3) is 0 Å². The highest BCUT2D eigenvalue weighted by atomic mass is 16.5. The lowest BCUT2D eigenvalue weighted by molar-refractivity contribution is -0.114. The Labute approximate surface area is 200 Å². The summed E-state index contributed by atoms with van der Waals surface area (Å²) in [4.78, 5) is 22.0. The molecule has 6 nitrogen and oxygen atoms in total. The molecule has 0 fully saturated rings. The van der Waals surface area contributed by atoms with E-state index in [0.717, 1.165) is 33.8 Å². The van der Waals surface area contributed by atoms with Gasteiger partial charge < -0.3 is 10.1 Å². The Morgan fingerprint density at radius 1 is 0.853 bits per heavy atom. The van der Waals surface area contributed by atoms with Gasteiger partial charge in [-0.3, -0.25) is 10.1 Å². The molecule has 0 atom stereocenters. The van der Waals surface area contributed by atoms with E-state index in [4.69, 9.17) is 4.74 Å². The quantitative estimate of drug-likeness (QED) is 0.371. The lowest BCUT2D eigenvalue weighted by Crippen LogP contribution is -2.23. The Morgan fingerprint density at radius 3 is 2.09 bits per heavy atom. The van der Waals surface area contributed by atoms with Gasteiger partial charge in [-0.1, -0.05) is 42.0 Å². The standard InChI is InChI=1S/C28H28N4O2/c1-18-8-10-21(11-9-18)25-16-26(22-12-14-23(34-4)15-13-22)31-28(30-25)32-27(33)17-29-24-7-5-6-19(2)20(24)3/h5-16,29H,17H2,1-4H3,(H,30,31,32,33). The molecule has 0 spiro atoms. The topological polar surface area (TPSA) is 76.1 Å². The molecule has 0 radical (unpaired) electrons. The molecule has 172 valence electrons. The zero-order valence-corrected chi connectivity index (χ0v) is 19.8. The van der Waals surface area contributed by atoms with Crippen LogP contribution in [0.4, 0.5) is 11.6 Å². The number of ether oxygens (including phenoxy) is 1. The van der Waals surface area contributed by atoms with Gasteiger partial charge >= 0.3 is 0 Å². The average Bonchev–Trinajstić information content (AvgIpc) is 2.85. The minimum atomic E-state index is -0.220. The van der Waals surface area contributed by atoms with Crippen molar-refractivity contribution in [1.29, 1.82) is 0 Å². The molecule has 1 heterocycles. The molecular formula is C28H28N4O2. The van der Waals surface area contributed by atoms with Crippen molar-refractivity contribution in [2.75, 3.05) is 24.3 Å². The first-order chi connectivity index (χ1) is 16.4. The van der Waals surface area contributed by atoms with Crippen molar-refractivity contribution in [2.45, 2.75) is 20.8 Å². The Kier molecular flexibility index (Phi) is 6.87. The summed E-state index contributed by atoms with van der Waals surface area (Å²) in [6, 6.07) is 23.7. The molecule has 0 saturated carbocycles. The first kappa shape index (κ1) is 23.0. The van der Waals surface area contributed by atoms with E-state index in [1.807, 2.05) is 93.6 Å². The van der Waals surface area contributed by atoms with Gasteiger partial charge in [0, 0.05) is 16.8 Å². The van der Waals surface area contributed by atoms with Gasteiger partial charge in [-0.2, -0.15) is 0 Å². The van der Waals surface area contributed by atoms with Crippen molar-refractivity contribution < 1.29 is 9.53 Å². The second-order valence-electron chi connectivity index (χ2n) is 8.21. The van der Waals surface area contributed by atoms with Crippen LogP contribution in [0.2, 0.25) is 0 Å². The highest BCUT2D eigenvalue weighted by Crippen LogP contribution is 2.27. The van der Waals surface area contributed by atoms with Gasteiger partial charge in [-0.15, -0.1) is 0 Å². The summed E-state index contributed by atoms with van der Waals surface area (Å²) in [5.41, 5.74) is 7.69. The summed E-state index contributed by atoms with van der Waals surface area (Å²) in [7, 11) is 1.63. The summed E-state index contributed by atoms with van der Waals surface area (Å²) < 4.78 is 5.27. The van der Waals surface area contributed by atoms with E-state index in [9.17, 15) is 4.79 Å². The van der Waals surface area contributed by atoms with Crippen LogP contribution in [0.1, 0.15) is 16.7 Å². The first-order valence-corrected chi connectivity index (χ1v) is 11.1. The summed E-state index contributed by atoms with van der Waals surface area (Å²) in [6.45, 7) is 6.23. The lowest BCUT2D eigenvalue weighted by atomic mass is 10.1. The molecule has 0 bridgehead atoms. The molecule has 0 aliphatic heterocycles. The zero-order valence-electron chi connectivity index (χ0n) is 19.8. The average molecular weight is 453 g/mol.